The summed E-state index contributed by atoms with van der Waals surface area (Å²) in [6.07, 6.45) is 0. The van der Waals surface area contributed by atoms with Crippen molar-refractivity contribution in [1.29, 1.82) is 0 Å². The highest BCUT2D eigenvalue weighted by Gasteiger charge is 2.17. The summed E-state index contributed by atoms with van der Waals surface area (Å²) in [5, 5.41) is 0.262. The molecule has 4 N–H and O–H groups in total. The number of methoxy groups -OCH3 is 1. The molecule has 0 aliphatic rings. The van der Waals surface area contributed by atoms with E-state index in [9.17, 15) is 4.79 Å². The van der Waals surface area contributed by atoms with Gasteiger partial charge in [-0.2, -0.15) is 0 Å². The van der Waals surface area contributed by atoms with Crippen molar-refractivity contribution in [2.75, 3.05) is 12.8 Å². The highest BCUT2D eigenvalue weighted by atomic mass is 35.5. The number of nitrogen functional groups attached to an aromatic ring is 1. The third-order valence-electron chi connectivity index (χ3n) is 1.68. The highest BCUT2D eigenvalue weighted by Crippen LogP contribution is 2.38. The molecule has 1 rings (SSSR count). The first kappa shape index (κ1) is 10.9. The number of primary amides is 1. The van der Waals surface area contributed by atoms with E-state index in [1.165, 1.54) is 13.2 Å². The smallest absolute Gasteiger partial charge is 0.252 e. The molecule has 1 amide bonds. The third-order valence-corrected chi connectivity index (χ3v) is 2.37. The summed E-state index contributed by atoms with van der Waals surface area (Å²) >= 11 is 11.5. The van der Waals surface area contributed by atoms with E-state index in [1.807, 2.05) is 0 Å². The summed E-state index contributed by atoms with van der Waals surface area (Å²) in [6, 6.07) is 1.32. The van der Waals surface area contributed by atoms with E-state index in [2.05, 4.69) is 0 Å². The van der Waals surface area contributed by atoms with Crippen LogP contribution in [0.3, 0.4) is 0 Å². The third kappa shape index (κ3) is 1.71. The number of anilines is 1. The van der Waals surface area contributed by atoms with Crippen LogP contribution >= 0.6 is 23.2 Å². The number of hydrogen-bond donors (Lipinski definition) is 2. The van der Waals surface area contributed by atoms with Crippen LogP contribution in [-0.2, 0) is 0 Å². The second-order valence-electron chi connectivity index (χ2n) is 2.53. The lowest BCUT2D eigenvalue weighted by Crippen LogP contribution is -2.13. The van der Waals surface area contributed by atoms with Gasteiger partial charge in [0, 0.05) is 0 Å². The number of rotatable bonds is 2. The van der Waals surface area contributed by atoms with E-state index in [1.54, 1.807) is 0 Å². The Balaban J connectivity index is 3.51. The molecule has 0 bridgehead atoms. The molecule has 0 aliphatic carbocycles. The summed E-state index contributed by atoms with van der Waals surface area (Å²) in [5.41, 5.74) is 10.9. The lowest BCUT2D eigenvalue weighted by Gasteiger charge is -2.10. The number of benzene rings is 1. The normalized spacial score (nSPS) is 9.93. The summed E-state index contributed by atoms with van der Waals surface area (Å²) in [6.45, 7) is 0. The molecule has 0 aromatic heterocycles. The number of hydrogen-bond acceptors (Lipinski definition) is 3. The average Bonchev–Trinajstić information content (AvgIpc) is 2.13. The summed E-state index contributed by atoms with van der Waals surface area (Å²) < 4.78 is 4.90. The molecule has 0 aliphatic heterocycles. The predicted octanol–water partition coefficient (Wildman–Crippen LogP) is 1.68. The molecule has 0 atom stereocenters. The van der Waals surface area contributed by atoms with Crippen LogP contribution in [0.2, 0.25) is 10.0 Å². The second kappa shape index (κ2) is 3.94. The number of ether oxygens (including phenoxy) is 1. The first-order valence-corrected chi connectivity index (χ1v) is 4.36. The highest BCUT2D eigenvalue weighted by molar-refractivity contribution is 6.40. The van der Waals surface area contributed by atoms with Crippen molar-refractivity contribution in [3.05, 3.63) is 21.7 Å². The van der Waals surface area contributed by atoms with Crippen LogP contribution in [-0.4, -0.2) is 13.0 Å². The fourth-order valence-corrected chi connectivity index (χ4v) is 1.53. The zero-order chi connectivity index (χ0) is 10.9. The van der Waals surface area contributed by atoms with Crippen LogP contribution in [0.1, 0.15) is 10.4 Å². The second-order valence-corrected chi connectivity index (χ2v) is 3.32. The SMILES string of the molecule is COc1c(C(N)=O)cc(Cl)c(N)c1Cl. The summed E-state index contributed by atoms with van der Waals surface area (Å²) in [5.74, 6) is -0.535. The largest absolute Gasteiger partial charge is 0.494 e. The van der Waals surface area contributed by atoms with E-state index in [4.69, 9.17) is 39.4 Å². The minimum absolute atomic E-state index is 0.0915. The number of amides is 1. The standard InChI is InChI=1S/C8H8Cl2N2O2/c1-14-7-3(8(12)13)2-4(9)6(11)5(7)10/h2H,11H2,1H3,(H2,12,13). The molecule has 0 saturated heterocycles. The van der Waals surface area contributed by atoms with E-state index in [-0.39, 0.29) is 27.0 Å². The van der Waals surface area contributed by atoms with Crippen molar-refractivity contribution >= 4 is 34.8 Å². The molecule has 4 nitrogen and oxygen atoms in total. The van der Waals surface area contributed by atoms with Crippen molar-refractivity contribution in [1.82, 2.24) is 0 Å². The van der Waals surface area contributed by atoms with Gasteiger partial charge in [0.1, 0.15) is 5.02 Å². The maximum absolute atomic E-state index is 11.0. The van der Waals surface area contributed by atoms with Crippen LogP contribution in [0.25, 0.3) is 0 Å². The average molecular weight is 235 g/mol. The van der Waals surface area contributed by atoms with Gasteiger partial charge in [0.2, 0.25) is 0 Å². The Labute approximate surface area is 90.7 Å². The van der Waals surface area contributed by atoms with Crippen LogP contribution < -0.4 is 16.2 Å². The quantitative estimate of drug-likeness (QED) is 0.765. The minimum atomic E-state index is -0.675. The van der Waals surface area contributed by atoms with Gasteiger partial charge in [-0.1, -0.05) is 23.2 Å². The molecule has 1 aromatic carbocycles. The van der Waals surface area contributed by atoms with Crippen molar-refractivity contribution in [3.63, 3.8) is 0 Å². The van der Waals surface area contributed by atoms with E-state index >= 15 is 0 Å². The zero-order valence-corrected chi connectivity index (χ0v) is 8.82. The molecule has 0 fully saturated rings. The fourth-order valence-electron chi connectivity index (χ4n) is 0.998. The van der Waals surface area contributed by atoms with Gasteiger partial charge in [-0.05, 0) is 6.07 Å². The first-order valence-electron chi connectivity index (χ1n) is 3.60. The molecule has 0 heterocycles. The first-order chi connectivity index (χ1) is 6.49. The topological polar surface area (TPSA) is 78.3 Å². The number of carbonyl (C=O) groups is 1. The van der Waals surface area contributed by atoms with Crippen molar-refractivity contribution < 1.29 is 9.53 Å². The van der Waals surface area contributed by atoms with Crippen LogP contribution in [0, 0.1) is 0 Å². The Hall–Kier alpha value is -1.13. The molecular weight excluding hydrogens is 227 g/mol. The molecule has 0 radical (unpaired) electrons. The molecular formula is C8H8Cl2N2O2. The molecule has 1 aromatic rings. The van der Waals surface area contributed by atoms with Gasteiger partial charge in [-0.15, -0.1) is 0 Å². The van der Waals surface area contributed by atoms with Crippen LogP contribution in [0.15, 0.2) is 6.07 Å². The molecule has 76 valence electrons. The predicted molar refractivity (Wildman–Crippen MR) is 55.9 cm³/mol. The van der Waals surface area contributed by atoms with E-state index in [0.29, 0.717) is 0 Å². The van der Waals surface area contributed by atoms with Crippen molar-refractivity contribution in [2.45, 2.75) is 0 Å². The monoisotopic (exact) mass is 234 g/mol. The number of halogens is 2. The minimum Gasteiger partial charge on any atom is -0.494 e. The molecule has 6 heteroatoms. The Bertz CT molecular complexity index is 393. The van der Waals surface area contributed by atoms with Crippen molar-refractivity contribution in [2.24, 2.45) is 5.73 Å². The van der Waals surface area contributed by atoms with Gasteiger partial charge in [-0.3, -0.25) is 4.79 Å². The maximum atomic E-state index is 11.0. The lowest BCUT2D eigenvalue weighted by atomic mass is 10.1. The Morgan fingerprint density at radius 2 is 2.07 bits per heavy atom. The maximum Gasteiger partial charge on any atom is 0.252 e. The van der Waals surface area contributed by atoms with Gasteiger partial charge < -0.3 is 16.2 Å². The van der Waals surface area contributed by atoms with Gasteiger partial charge in [0.05, 0.1) is 23.4 Å². The number of nitrogens with two attached hydrogens (primary N) is 2. The van der Waals surface area contributed by atoms with Crippen LogP contribution in [0.5, 0.6) is 5.75 Å². The lowest BCUT2D eigenvalue weighted by molar-refractivity contribution is 0.0997. The molecule has 0 unspecified atom stereocenters. The van der Waals surface area contributed by atoms with E-state index in [0.717, 1.165) is 0 Å². The van der Waals surface area contributed by atoms with Gasteiger partial charge in [-0.25, -0.2) is 0 Å². The van der Waals surface area contributed by atoms with Gasteiger partial charge in [0.25, 0.3) is 5.91 Å². The van der Waals surface area contributed by atoms with Crippen molar-refractivity contribution in [3.8, 4) is 5.75 Å². The Morgan fingerprint density at radius 3 is 2.50 bits per heavy atom. The number of carbonyl (C=O) groups excluding carboxylic acids is 1. The molecule has 0 saturated carbocycles. The summed E-state index contributed by atoms with van der Waals surface area (Å²) in [7, 11) is 1.36. The molecule has 14 heavy (non-hydrogen) atoms. The zero-order valence-electron chi connectivity index (χ0n) is 7.30. The molecule has 0 spiro atoms. The Kier molecular flexibility index (Phi) is 3.08. The summed E-state index contributed by atoms with van der Waals surface area (Å²) in [4.78, 5) is 11.0. The van der Waals surface area contributed by atoms with Crippen LogP contribution in [0.4, 0.5) is 5.69 Å². The fraction of sp³-hybridized carbons (Fsp3) is 0.125. The van der Waals surface area contributed by atoms with E-state index < -0.39 is 5.91 Å². The Morgan fingerprint density at radius 1 is 1.50 bits per heavy atom. The van der Waals surface area contributed by atoms with Gasteiger partial charge in [0.15, 0.2) is 5.75 Å². The van der Waals surface area contributed by atoms with Gasteiger partial charge >= 0.3 is 0 Å².